The Morgan fingerprint density at radius 1 is 1.03 bits per heavy atom. The van der Waals surface area contributed by atoms with Crippen molar-refractivity contribution < 1.29 is 14.6 Å². The Morgan fingerprint density at radius 2 is 1.89 bits per heavy atom. The number of aromatic nitrogens is 2. The molecule has 2 heterocycles. The van der Waals surface area contributed by atoms with Gasteiger partial charge in [0.05, 0.1) is 28.5 Å². The highest BCUT2D eigenvalue weighted by Gasteiger charge is 2.31. The average molecular weight is 518 g/mol. The Balaban J connectivity index is 1.23. The molecule has 0 radical (unpaired) electrons. The van der Waals surface area contributed by atoms with Crippen molar-refractivity contribution in [2.24, 2.45) is 0 Å². The van der Waals surface area contributed by atoms with E-state index in [1.165, 1.54) is 11.1 Å². The van der Waals surface area contributed by atoms with Gasteiger partial charge in [-0.3, -0.25) is 9.58 Å². The van der Waals surface area contributed by atoms with Crippen LogP contribution in [0.25, 0.3) is 0 Å². The molecule has 1 N–H and O–H groups in total. The number of aliphatic hydroxyl groups is 1. The molecule has 35 heavy (non-hydrogen) atoms. The Labute approximate surface area is 217 Å². The zero-order valence-electron chi connectivity index (χ0n) is 20.1. The second-order valence-corrected chi connectivity index (χ2v) is 10.2. The molecule has 0 aliphatic carbocycles. The molecule has 1 atom stereocenters. The van der Waals surface area contributed by atoms with Gasteiger partial charge in [0.15, 0.2) is 0 Å². The molecule has 1 saturated heterocycles. The van der Waals surface area contributed by atoms with Gasteiger partial charge in [-0.05, 0) is 68.1 Å². The molecule has 8 heteroatoms. The summed E-state index contributed by atoms with van der Waals surface area (Å²) in [6.07, 6.45) is 7.07. The molecule has 0 saturated carbocycles. The summed E-state index contributed by atoms with van der Waals surface area (Å²) in [6, 6.07) is 13.4. The van der Waals surface area contributed by atoms with Crippen LogP contribution in [0.5, 0.6) is 11.5 Å². The van der Waals surface area contributed by atoms with Crippen molar-refractivity contribution in [2.75, 3.05) is 26.3 Å². The molecular weight excluding hydrogens is 485 g/mol. The van der Waals surface area contributed by atoms with E-state index in [4.69, 9.17) is 32.7 Å². The van der Waals surface area contributed by atoms with Crippen molar-refractivity contribution in [3.63, 3.8) is 0 Å². The molecule has 3 aromatic rings. The van der Waals surface area contributed by atoms with Gasteiger partial charge in [-0.15, -0.1) is 0 Å². The van der Waals surface area contributed by atoms with Crippen LogP contribution in [0.3, 0.4) is 0 Å². The number of hydrogen-bond donors (Lipinski definition) is 1. The minimum absolute atomic E-state index is 0.236. The summed E-state index contributed by atoms with van der Waals surface area (Å²) in [5.41, 5.74) is 1.52. The highest BCUT2D eigenvalue weighted by Crippen LogP contribution is 2.29. The first-order chi connectivity index (χ1) is 16.9. The summed E-state index contributed by atoms with van der Waals surface area (Å²) >= 11 is 12.0. The number of benzene rings is 2. The molecule has 6 nitrogen and oxygen atoms in total. The van der Waals surface area contributed by atoms with Crippen molar-refractivity contribution in [3.05, 3.63) is 76.0 Å². The fourth-order valence-corrected chi connectivity index (χ4v) is 4.61. The van der Waals surface area contributed by atoms with Gasteiger partial charge < -0.3 is 14.6 Å². The summed E-state index contributed by atoms with van der Waals surface area (Å²) in [6.45, 7) is 6.34. The molecule has 1 aromatic heterocycles. The molecule has 0 bridgehead atoms. The predicted molar refractivity (Wildman–Crippen MR) is 140 cm³/mol. The van der Waals surface area contributed by atoms with Gasteiger partial charge >= 0.3 is 0 Å². The molecule has 1 fully saturated rings. The van der Waals surface area contributed by atoms with E-state index in [2.05, 4.69) is 22.1 Å². The van der Waals surface area contributed by atoms with Crippen molar-refractivity contribution in [1.82, 2.24) is 14.7 Å². The standard InChI is InChI=1S/C27H33Cl2N3O3/c1-21-17-30-32(18-21)12-4-14-34-23-6-2-5-22(15-23)19-31-11-3-9-27(33,10-13-31)20-35-24-7-8-25(28)26(29)16-24/h2,5-8,15-18,33H,3-4,9-14,19-20H2,1H3. The lowest BCUT2D eigenvalue weighted by molar-refractivity contribution is -0.0168. The topological polar surface area (TPSA) is 59.8 Å². The van der Waals surface area contributed by atoms with Crippen molar-refractivity contribution >= 4 is 23.2 Å². The zero-order valence-corrected chi connectivity index (χ0v) is 21.6. The number of nitrogens with zero attached hydrogens (tertiary/aromatic N) is 3. The Bertz CT molecular complexity index is 1110. The summed E-state index contributed by atoms with van der Waals surface area (Å²) in [5, 5.41) is 16.4. The van der Waals surface area contributed by atoms with E-state index in [1.54, 1.807) is 18.2 Å². The lowest BCUT2D eigenvalue weighted by Crippen LogP contribution is -2.37. The molecule has 0 amide bonds. The van der Waals surface area contributed by atoms with Crippen LogP contribution in [0.1, 0.15) is 36.8 Å². The monoisotopic (exact) mass is 517 g/mol. The molecule has 1 aliphatic heterocycles. The van der Waals surface area contributed by atoms with Crippen LogP contribution in [-0.4, -0.2) is 51.7 Å². The first-order valence-electron chi connectivity index (χ1n) is 12.1. The van der Waals surface area contributed by atoms with Crippen molar-refractivity contribution in [2.45, 2.75) is 51.3 Å². The maximum atomic E-state index is 11.1. The van der Waals surface area contributed by atoms with Gasteiger partial charge in [-0.25, -0.2) is 0 Å². The summed E-state index contributed by atoms with van der Waals surface area (Å²) in [7, 11) is 0. The average Bonchev–Trinajstić information content (AvgIpc) is 3.17. The fourth-order valence-electron chi connectivity index (χ4n) is 4.32. The molecule has 188 valence electrons. The van der Waals surface area contributed by atoms with E-state index in [9.17, 15) is 5.11 Å². The first-order valence-corrected chi connectivity index (χ1v) is 12.9. The van der Waals surface area contributed by atoms with Gasteiger partial charge in [0, 0.05) is 38.3 Å². The normalized spacial score (nSPS) is 18.9. The van der Waals surface area contributed by atoms with Crippen LogP contribution in [0, 0.1) is 6.92 Å². The number of halogens is 2. The molecule has 4 rings (SSSR count). The molecular formula is C27H33Cl2N3O3. The fraction of sp³-hybridized carbons (Fsp3) is 0.444. The third-order valence-corrected chi connectivity index (χ3v) is 7.01. The lowest BCUT2D eigenvalue weighted by Gasteiger charge is -2.27. The van der Waals surface area contributed by atoms with Crippen LogP contribution < -0.4 is 9.47 Å². The van der Waals surface area contributed by atoms with Gasteiger partial charge in [0.1, 0.15) is 18.1 Å². The number of ether oxygens (including phenoxy) is 2. The third kappa shape index (κ3) is 7.87. The Kier molecular flexibility index (Phi) is 8.95. The maximum absolute atomic E-state index is 11.1. The van der Waals surface area contributed by atoms with Gasteiger partial charge in [-0.2, -0.15) is 5.10 Å². The Morgan fingerprint density at radius 3 is 2.69 bits per heavy atom. The highest BCUT2D eigenvalue weighted by atomic mass is 35.5. The van der Waals surface area contributed by atoms with E-state index in [0.29, 0.717) is 35.2 Å². The van der Waals surface area contributed by atoms with Gasteiger partial charge in [-0.1, -0.05) is 35.3 Å². The van der Waals surface area contributed by atoms with Crippen molar-refractivity contribution in [1.29, 1.82) is 0 Å². The SMILES string of the molecule is Cc1cnn(CCCOc2cccc(CN3CCCC(O)(COc4ccc(Cl)c(Cl)c4)CC3)c2)c1. The second-order valence-electron chi connectivity index (χ2n) is 9.35. The number of likely N-dealkylation sites (tertiary alicyclic amines) is 1. The van der Waals surface area contributed by atoms with Crippen LogP contribution in [0.4, 0.5) is 0 Å². The minimum Gasteiger partial charge on any atom is -0.494 e. The van der Waals surface area contributed by atoms with Gasteiger partial charge in [0.2, 0.25) is 0 Å². The zero-order chi connectivity index (χ0) is 24.7. The van der Waals surface area contributed by atoms with Crippen LogP contribution in [-0.2, 0) is 13.1 Å². The molecule has 1 aliphatic rings. The second kappa shape index (κ2) is 12.1. The summed E-state index contributed by atoms with van der Waals surface area (Å²) < 4.78 is 13.8. The van der Waals surface area contributed by atoms with E-state index < -0.39 is 5.60 Å². The highest BCUT2D eigenvalue weighted by molar-refractivity contribution is 6.42. The number of aryl methyl sites for hydroxylation is 2. The van der Waals surface area contributed by atoms with Crippen LogP contribution >= 0.6 is 23.2 Å². The van der Waals surface area contributed by atoms with E-state index in [0.717, 1.165) is 44.8 Å². The number of rotatable bonds is 10. The van der Waals surface area contributed by atoms with E-state index in [-0.39, 0.29) is 6.61 Å². The van der Waals surface area contributed by atoms with Crippen molar-refractivity contribution in [3.8, 4) is 11.5 Å². The maximum Gasteiger partial charge on any atom is 0.121 e. The van der Waals surface area contributed by atoms with E-state index in [1.807, 2.05) is 36.1 Å². The summed E-state index contributed by atoms with van der Waals surface area (Å²) in [5.74, 6) is 1.51. The quantitative estimate of drug-likeness (QED) is 0.346. The largest absolute Gasteiger partial charge is 0.494 e. The minimum atomic E-state index is -0.862. The summed E-state index contributed by atoms with van der Waals surface area (Å²) in [4.78, 5) is 2.39. The molecule has 2 aromatic carbocycles. The van der Waals surface area contributed by atoms with Gasteiger partial charge in [0.25, 0.3) is 0 Å². The Hall–Kier alpha value is -2.25. The van der Waals surface area contributed by atoms with Crippen LogP contribution in [0.15, 0.2) is 54.9 Å². The van der Waals surface area contributed by atoms with Crippen LogP contribution in [0.2, 0.25) is 10.0 Å². The lowest BCUT2D eigenvalue weighted by atomic mass is 9.96. The first kappa shape index (κ1) is 25.8. The molecule has 0 spiro atoms. The smallest absolute Gasteiger partial charge is 0.121 e. The molecule has 1 unspecified atom stereocenters. The number of hydrogen-bond acceptors (Lipinski definition) is 5. The predicted octanol–water partition coefficient (Wildman–Crippen LogP) is 5.76. The van der Waals surface area contributed by atoms with E-state index >= 15 is 0 Å². The third-order valence-electron chi connectivity index (χ3n) is 6.28.